The Morgan fingerprint density at radius 3 is 2.79 bits per heavy atom. The summed E-state index contributed by atoms with van der Waals surface area (Å²) in [6, 6.07) is 4.00. The molecule has 0 saturated heterocycles. The number of fused-ring (bicyclic) bond motifs is 1. The van der Waals surface area contributed by atoms with E-state index in [1.807, 2.05) is 13.0 Å². The van der Waals surface area contributed by atoms with Crippen LogP contribution in [-0.2, 0) is 12.8 Å². The van der Waals surface area contributed by atoms with Crippen molar-refractivity contribution >= 4 is 5.69 Å². The first-order chi connectivity index (χ1) is 6.49. The van der Waals surface area contributed by atoms with E-state index in [1.165, 1.54) is 11.1 Å². The second-order valence-electron chi connectivity index (χ2n) is 4.60. The number of hydrogen-bond donors (Lipinski definition) is 2. The van der Waals surface area contributed by atoms with Gasteiger partial charge in [-0.3, -0.25) is 0 Å². The van der Waals surface area contributed by atoms with Crippen molar-refractivity contribution in [1.29, 1.82) is 0 Å². The molecule has 2 rings (SSSR count). The lowest BCUT2D eigenvalue weighted by atomic mass is 9.79. The summed E-state index contributed by atoms with van der Waals surface area (Å²) in [5, 5.41) is 9.98. The van der Waals surface area contributed by atoms with Gasteiger partial charge in [0.05, 0.1) is 5.60 Å². The minimum Gasteiger partial charge on any atom is -0.398 e. The third kappa shape index (κ3) is 1.50. The molecule has 1 aromatic rings. The maximum atomic E-state index is 9.98. The summed E-state index contributed by atoms with van der Waals surface area (Å²) in [5.41, 5.74) is 9.96. The molecule has 0 heterocycles. The van der Waals surface area contributed by atoms with Gasteiger partial charge in [0, 0.05) is 12.1 Å². The lowest BCUT2D eigenvalue weighted by Crippen LogP contribution is -2.33. The number of aliphatic hydroxyl groups is 1. The largest absolute Gasteiger partial charge is 0.398 e. The van der Waals surface area contributed by atoms with E-state index in [1.54, 1.807) is 0 Å². The predicted molar refractivity (Wildman–Crippen MR) is 58.2 cm³/mol. The van der Waals surface area contributed by atoms with Gasteiger partial charge in [-0.25, -0.2) is 0 Å². The molecule has 1 atom stereocenters. The Labute approximate surface area is 84.7 Å². The van der Waals surface area contributed by atoms with Crippen LogP contribution in [0.25, 0.3) is 0 Å². The first-order valence-corrected chi connectivity index (χ1v) is 5.09. The van der Waals surface area contributed by atoms with Crippen LogP contribution in [0.15, 0.2) is 12.1 Å². The molecule has 14 heavy (non-hydrogen) atoms. The van der Waals surface area contributed by atoms with E-state index < -0.39 is 5.60 Å². The van der Waals surface area contributed by atoms with Crippen LogP contribution in [0.5, 0.6) is 0 Å². The number of anilines is 1. The molecule has 0 spiro atoms. The Kier molecular flexibility index (Phi) is 2.04. The monoisotopic (exact) mass is 191 g/mol. The van der Waals surface area contributed by atoms with Crippen LogP contribution in [0, 0.1) is 6.92 Å². The molecule has 1 aromatic carbocycles. The van der Waals surface area contributed by atoms with Crippen molar-refractivity contribution < 1.29 is 5.11 Å². The van der Waals surface area contributed by atoms with Crippen LogP contribution in [0.4, 0.5) is 5.69 Å². The molecule has 2 heteroatoms. The Morgan fingerprint density at radius 1 is 1.36 bits per heavy atom. The fourth-order valence-electron chi connectivity index (χ4n) is 2.25. The van der Waals surface area contributed by atoms with Crippen molar-refractivity contribution in [1.82, 2.24) is 0 Å². The number of benzene rings is 1. The summed E-state index contributed by atoms with van der Waals surface area (Å²) in [6.07, 6.45) is 2.47. The highest BCUT2D eigenvalue weighted by atomic mass is 16.3. The lowest BCUT2D eigenvalue weighted by molar-refractivity contribution is 0.0460. The van der Waals surface area contributed by atoms with Gasteiger partial charge < -0.3 is 10.8 Å². The van der Waals surface area contributed by atoms with Crippen molar-refractivity contribution in [2.75, 3.05) is 5.73 Å². The fraction of sp³-hybridized carbons (Fsp3) is 0.500. The smallest absolute Gasteiger partial charge is 0.0664 e. The van der Waals surface area contributed by atoms with E-state index in [0.29, 0.717) is 6.42 Å². The average molecular weight is 191 g/mol. The topological polar surface area (TPSA) is 46.2 Å². The molecular formula is C12H17NO. The van der Waals surface area contributed by atoms with Gasteiger partial charge in [0.2, 0.25) is 0 Å². The van der Waals surface area contributed by atoms with E-state index in [0.717, 1.165) is 24.1 Å². The normalized spacial score (nSPS) is 25.9. The lowest BCUT2D eigenvalue weighted by Gasteiger charge is -2.31. The molecule has 0 fully saturated rings. The summed E-state index contributed by atoms with van der Waals surface area (Å²) in [7, 11) is 0. The van der Waals surface area contributed by atoms with Gasteiger partial charge >= 0.3 is 0 Å². The third-order valence-electron chi connectivity index (χ3n) is 3.17. The van der Waals surface area contributed by atoms with Crippen LogP contribution in [-0.4, -0.2) is 10.7 Å². The first-order valence-electron chi connectivity index (χ1n) is 5.09. The van der Waals surface area contributed by atoms with Crippen molar-refractivity contribution in [2.24, 2.45) is 0 Å². The fourth-order valence-corrected chi connectivity index (χ4v) is 2.25. The predicted octanol–water partition coefficient (Wildman–Crippen LogP) is 1.82. The van der Waals surface area contributed by atoms with Gasteiger partial charge in [0.1, 0.15) is 0 Å². The second-order valence-corrected chi connectivity index (χ2v) is 4.60. The number of aryl methyl sites for hydroxylation is 1. The molecule has 3 N–H and O–H groups in total. The van der Waals surface area contributed by atoms with Crippen LogP contribution in [0.2, 0.25) is 0 Å². The summed E-state index contributed by atoms with van der Waals surface area (Å²) >= 11 is 0. The van der Waals surface area contributed by atoms with E-state index in [2.05, 4.69) is 13.0 Å². The summed E-state index contributed by atoms with van der Waals surface area (Å²) in [5.74, 6) is 0. The van der Waals surface area contributed by atoms with E-state index in [-0.39, 0.29) is 0 Å². The van der Waals surface area contributed by atoms with Crippen LogP contribution < -0.4 is 5.73 Å². The zero-order valence-electron chi connectivity index (χ0n) is 8.80. The van der Waals surface area contributed by atoms with E-state index in [4.69, 9.17) is 5.73 Å². The number of hydrogen-bond acceptors (Lipinski definition) is 2. The molecule has 0 bridgehead atoms. The van der Waals surface area contributed by atoms with Crippen LogP contribution in [0.3, 0.4) is 0 Å². The van der Waals surface area contributed by atoms with Crippen molar-refractivity contribution in [3.63, 3.8) is 0 Å². The Hall–Kier alpha value is -1.02. The highest BCUT2D eigenvalue weighted by molar-refractivity contribution is 5.55. The molecule has 1 aliphatic rings. The quantitative estimate of drug-likeness (QED) is 0.614. The van der Waals surface area contributed by atoms with E-state index >= 15 is 0 Å². The molecule has 0 aromatic heterocycles. The van der Waals surface area contributed by atoms with Gasteiger partial charge in [-0.05, 0) is 49.4 Å². The SMILES string of the molecule is Cc1ccc(N)c2c1CCC(C)(O)C2. The maximum absolute atomic E-state index is 9.98. The third-order valence-corrected chi connectivity index (χ3v) is 3.17. The average Bonchev–Trinajstić information content (AvgIpc) is 2.10. The molecular weight excluding hydrogens is 174 g/mol. The molecule has 0 radical (unpaired) electrons. The van der Waals surface area contributed by atoms with Crippen molar-refractivity contribution in [3.05, 3.63) is 28.8 Å². The highest BCUT2D eigenvalue weighted by Crippen LogP contribution is 2.33. The van der Waals surface area contributed by atoms with Crippen molar-refractivity contribution in [2.45, 2.75) is 38.7 Å². The summed E-state index contributed by atoms with van der Waals surface area (Å²) in [4.78, 5) is 0. The molecule has 1 unspecified atom stereocenters. The Morgan fingerprint density at radius 2 is 2.07 bits per heavy atom. The molecule has 2 nitrogen and oxygen atoms in total. The highest BCUT2D eigenvalue weighted by Gasteiger charge is 2.28. The minimum absolute atomic E-state index is 0.574. The van der Waals surface area contributed by atoms with Gasteiger partial charge in [-0.2, -0.15) is 0 Å². The number of rotatable bonds is 0. The zero-order valence-corrected chi connectivity index (χ0v) is 8.80. The molecule has 0 amide bonds. The standard InChI is InChI=1S/C12H17NO/c1-8-3-4-11(13)10-7-12(2,14)6-5-9(8)10/h3-4,14H,5-7,13H2,1-2H3. The number of nitrogens with two attached hydrogens (primary N) is 1. The van der Waals surface area contributed by atoms with Gasteiger partial charge in [0.15, 0.2) is 0 Å². The van der Waals surface area contributed by atoms with Gasteiger partial charge in [-0.15, -0.1) is 0 Å². The minimum atomic E-state index is -0.574. The Bertz CT molecular complexity index is 369. The maximum Gasteiger partial charge on any atom is 0.0664 e. The second kappa shape index (κ2) is 2.99. The van der Waals surface area contributed by atoms with E-state index in [9.17, 15) is 5.11 Å². The molecule has 76 valence electrons. The van der Waals surface area contributed by atoms with Gasteiger partial charge in [-0.1, -0.05) is 6.07 Å². The summed E-state index contributed by atoms with van der Waals surface area (Å²) < 4.78 is 0. The summed E-state index contributed by atoms with van der Waals surface area (Å²) in [6.45, 7) is 4.00. The van der Waals surface area contributed by atoms with Crippen LogP contribution >= 0.6 is 0 Å². The molecule has 1 aliphatic carbocycles. The van der Waals surface area contributed by atoms with Crippen molar-refractivity contribution in [3.8, 4) is 0 Å². The van der Waals surface area contributed by atoms with Gasteiger partial charge in [0.25, 0.3) is 0 Å². The first kappa shape index (κ1) is 9.53. The molecule has 0 saturated carbocycles. The zero-order chi connectivity index (χ0) is 10.3. The molecule has 0 aliphatic heterocycles. The Balaban J connectivity index is 2.51. The number of nitrogen functional groups attached to an aromatic ring is 1. The van der Waals surface area contributed by atoms with Crippen LogP contribution in [0.1, 0.15) is 30.0 Å².